The molecule has 13 heteroatoms. The zero-order valence-electron chi connectivity index (χ0n) is 27.7. The van der Waals surface area contributed by atoms with Gasteiger partial charge in [-0.05, 0) is 87.5 Å². The van der Waals surface area contributed by atoms with Gasteiger partial charge in [-0.25, -0.2) is 19.9 Å². The second-order valence-corrected chi connectivity index (χ2v) is 12.8. The summed E-state index contributed by atoms with van der Waals surface area (Å²) in [4.78, 5) is 45.4. The molecule has 10 nitrogen and oxygen atoms in total. The van der Waals surface area contributed by atoms with E-state index in [0.717, 1.165) is 43.5 Å². The number of alkyl halides is 3. The summed E-state index contributed by atoms with van der Waals surface area (Å²) in [5.74, 6) is 0.339. The summed E-state index contributed by atoms with van der Waals surface area (Å²) in [5.41, 5.74) is 1.61. The van der Waals surface area contributed by atoms with Crippen LogP contribution in [-0.2, 0) is 28.6 Å². The average Bonchev–Trinajstić information content (AvgIpc) is 3.61. The number of nitrogens with one attached hydrogen (secondary N) is 1. The number of ketones is 1. The van der Waals surface area contributed by atoms with Crippen molar-refractivity contribution in [2.24, 2.45) is 5.92 Å². The topological polar surface area (TPSA) is 128 Å². The number of rotatable bonds is 15. The fraction of sp³-hybridized carbons (Fsp3) is 0.528. The smallest absolute Gasteiger partial charge is 0.356 e. The quantitative estimate of drug-likeness (QED) is 0.197. The molecule has 0 aliphatic carbocycles. The lowest BCUT2D eigenvalue weighted by molar-refractivity contribution is -0.144. The van der Waals surface area contributed by atoms with Crippen LogP contribution in [0.2, 0.25) is 0 Å². The molecule has 2 aromatic heterocycles. The molecule has 5 rings (SSSR count). The van der Waals surface area contributed by atoms with Crippen molar-refractivity contribution >= 4 is 23.3 Å². The van der Waals surface area contributed by atoms with E-state index in [4.69, 9.17) is 5.26 Å². The predicted octanol–water partition coefficient (Wildman–Crippen LogP) is 5.85. The fourth-order valence-electron chi connectivity index (χ4n) is 6.64. The lowest BCUT2D eigenvalue weighted by atomic mass is 9.91. The maximum absolute atomic E-state index is 14.0. The number of Topliss-reactive ketones (excluding diaryl/α,β-unsaturated/α-hetero) is 1. The van der Waals surface area contributed by atoms with E-state index in [1.165, 1.54) is 0 Å². The van der Waals surface area contributed by atoms with Crippen molar-refractivity contribution in [2.75, 3.05) is 36.0 Å². The van der Waals surface area contributed by atoms with Crippen LogP contribution in [0.1, 0.15) is 87.0 Å². The van der Waals surface area contributed by atoms with Crippen molar-refractivity contribution in [1.82, 2.24) is 25.3 Å². The Hall–Kier alpha value is -4.60. The predicted molar refractivity (Wildman–Crippen MR) is 179 cm³/mol. The summed E-state index contributed by atoms with van der Waals surface area (Å²) < 4.78 is 42.0. The Bertz CT molecular complexity index is 1570. The van der Waals surface area contributed by atoms with Gasteiger partial charge in [0.05, 0.1) is 17.7 Å². The van der Waals surface area contributed by atoms with Crippen molar-refractivity contribution < 1.29 is 22.8 Å². The lowest BCUT2D eigenvalue weighted by Gasteiger charge is -2.34. The van der Waals surface area contributed by atoms with Gasteiger partial charge in [0.25, 0.3) is 0 Å². The molecular weight excluding hydrogens is 633 g/mol. The molecule has 2 fully saturated rings. The molecular formula is C36H43F3N8O2. The molecule has 0 radical (unpaired) electrons. The molecule has 4 heterocycles. The lowest BCUT2D eigenvalue weighted by Crippen LogP contribution is -2.38. The average molecular weight is 677 g/mol. The van der Waals surface area contributed by atoms with Crippen LogP contribution in [0.25, 0.3) is 0 Å². The molecule has 1 amide bonds. The normalized spacial score (nSPS) is 16.8. The van der Waals surface area contributed by atoms with Crippen LogP contribution in [0.4, 0.5) is 24.8 Å². The van der Waals surface area contributed by atoms with E-state index in [2.05, 4.69) is 31.3 Å². The van der Waals surface area contributed by atoms with Gasteiger partial charge in [-0.2, -0.15) is 18.4 Å². The highest BCUT2D eigenvalue weighted by molar-refractivity contribution is 5.87. The largest absolute Gasteiger partial charge is 0.451 e. The Balaban J connectivity index is 1.10. The molecule has 260 valence electrons. The Morgan fingerprint density at radius 2 is 1.65 bits per heavy atom. The standard InChI is InChI=1S/C36H43F3N8O2/c37-36(38,39)35-44-32(46-22-16-27(17-23-46)7-2-11-34(49)43-18-3-10-31-41-19-5-20-42-31)24-33(45-35)47-21-4-8-29(47)30(48)9-1-6-26-12-14-28(25-40)15-13-26/h5,12-15,19-20,24,27,29H,1-4,6-11,16-18,21-23H2,(H,43,49)/t29-/m0/s1. The maximum Gasteiger partial charge on any atom is 0.451 e. The van der Waals surface area contributed by atoms with E-state index >= 15 is 0 Å². The summed E-state index contributed by atoms with van der Waals surface area (Å²) >= 11 is 0. The molecule has 1 atom stereocenters. The molecule has 0 saturated carbocycles. The van der Waals surface area contributed by atoms with Crippen LogP contribution in [0.3, 0.4) is 0 Å². The van der Waals surface area contributed by atoms with E-state index in [9.17, 15) is 22.8 Å². The summed E-state index contributed by atoms with van der Waals surface area (Å²) in [6.07, 6.45) is 6.69. The van der Waals surface area contributed by atoms with E-state index in [0.29, 0.717) is 82.6 Å². The summed E-state index contributed by atoms with van der Waals surface area (Å²) in [6.45, 7) is 2.15. The van der Waals surface area contributed by atoms with E-state index in [1.807, 2.05) is 17.0 Å². The van der Waals surface area contributed by atoms with Gasteiger partial charge in [-0.1, -0.05) is 12.1 Å². The first kappa shape index (κ1) is 35.7. The van der Waals surface area contributed by atoms with Gasteiger partial charge >= 0.3 is 6.18 Å². The molecule has 0 bridgehead atoms. The van der Waals surface area contributed by atoms with Crippen LogP contribution < -0.4 is 15.1 Å². The van der Waals surface area contributed by atoms with Crippen molar-refractivity contribution in [3.05, 3.63) is 71.6 Å². The number of nitriles is 1. The molecule has 2 aliphatic heterocycles. The van der Waals surface area contributed by atoms with E-state index in [1.54, 1.807) is 41.6 Å². The van der Waals surface area contributed by atoms with Crippen molar-refractivity contribution in [1.29, 1.82) is 5.26 Å². The number of hydrogen-bond acceptors (Lipinski definition) is 9. The number of hydrogen-bond donors (Lipinski definition) is 1. The Labute approximate surface area is 285 Å². The number of amides is 1. The summed E-state index contributed by atoms with van der Waals surface area (Å²) in [5, 5.41) is 11.9. The van der Waals surface area contributed by atoms with Gasteiger partial charge in [0.15, 0.2) is 5.78 Å². The number of nitrogens with zero attached hydrogens (tertiary/aromatic N) is 7. The van der Waals surface area contributed by atoms with Gasteiger partial charge in [0.2, 0.25) is 11.7 Å². The minimum Gasteiger partial charge on any atom is -0.356 e. The SMILES string of the molecule is N#Cc1ccc(CCCC(=O)[C@@H]2CCCN2c2cc(N3CCC(CCCC(=O)NCCCc4ncccn4)CC3)nc(C(F)(F)F)n2)cc1. The minimum atomic E-state index is -4.72. The van der Waals surface area contributed by atoms with Crippen molar-refractivity contribution in [3.63, 3.8) is 0 Å². The molecule has 2 aliphatic rings. The van der Waals surface area contributed by atoms with Crippen molar-refractivity contribution in [3.8, 4) is 6.07 Å². The zero-order valence-corrected chi connectivity index (χ0v) is 27.7. The van der Waals surface area contributed by atoms with Crippen LogP contribution >= 0.6 is 0 Å². The van der Waals surface area contributed by atoms with Crippen molar-refractivity contribution in [2.45, 2.75) is 89.3 Å². The van der Waals surface area contributed by atoms with E-state index in [-0.39, 0.29) is 23.3 Å². The van der Waals surface area contributed by atoms with Gasteiger partial charge in [-0.3, -0.25) is 9.59 Å². The Morgan fingerprint density at radius 1 is 0.918 bits per heavy atom. The van der Waals surface area contributed by atoms with Crippen LogP contribution in [0.5, 0.6) is 0 Å². The van der Waals surface area contributed by atoms with Gasteiger partial charge < -0.3 is 15.1 Å². The first-order chi connectivity index (χ1) is 23.7. The summed E-state index contributed by atoms with van der Waals surface area (Å²) in [7, 11) is 0. The fourth-order valence-corrected chi connectivity index (χ4v) is 6.64. The monoisotopic (exact) mass is 676 g/mol. The number of aromatic nitrogens is 4. The second kappa shape index (κ2) is 17.2. The summed E-state index contributed by atoms with van der Waals surface area (Å²) in [6, 6.07) is 12.2. The number of aryl methyl sites for hydroxylation is 2. The zero-order chi connectivity index (χ0) is 34.6. The first-order valence-corrected chi connectivity index (χ1v) is 17.2. The highest BCUT2D eigenvalue weighted by Gasteiger charge is 2.38. The number of carbonyl (C=O) groups is 2. The third-order valence-electron chi connectivity index (χ3n) is 9.32. The third-order valence-corrected chi connectivity index (χ3v) is 9.32. The molecule has 0 unspecified atom stereocenters. The van der Waals surface area contributed by atoms with Crippen LogP contribution in [0.15, 0.2) is 48.8 Å². The maximum atomic E-state index is 14.0. The van der Waals surface area contributed by atoms with Crippen LogP contribution in [0, 0.1) is 17.2 Å². The molecule has 49 heavy (non-hydrogen) atoms. The number of anilines is 2. The second-order valence-electron chi connectivity index (χ2n) is 12.8. The Kier molecular flexibility index (Phi) is 12.5. The number of halogens is 3. The molecule has 0 spiro atoms. The highest BCUT2D eigenvalue weighted by atomic mass is 19.4. The Morgan fingerprint density at radius 3 is 2.37 bits per heavy atom. The van der Waals surface area contributed by atoms with E-state index < -0.39 is 18.0 Å². The van der Waals surface area contributed by atoms with Crippen LogP contribution in [-0.4, -0.2) is 63.8 Å². The number of carbonyl (C=O) groups excluding carboxylic acids is 2. The third kappa shape index (κ3) is 10.4. The van der Waals surface area contributed by atoms with Gasteiger partial charge in [0, 0.05) is 63.9 Å². The molecule has 3 aromatic rings. The number of piperidine rings is 1. The van der Waals surface area contributed by atoms with Gasteiger partial charge in [-0.15, -0.1) is 0 Å². The number of benzene rings is 1. The minimum absolute atomic E-state index is 0.00357. The molecule has 1 N–H and O–H groups in total. The highest BCUT2D eigenvalue weighted by Crippen LogP contribution is 2.34. The van der Waals surface area contributed by atoms with Gasteiger partial charge in [0.1, 0.15) is 17.5 Å². The molecule has 1 aromatic carbocycles. The first-order valence-electron chi connectivity index (χ1n) is 17.2. The molecule has 2 saturated heterocycles.